The summed E-state index contributed by atoms with van der Waals surface area (Å²) in [5, 5.41) is 3.93. The smallest absolute Gasteiger partial charge is 0.262 e. The standard InChI is InChI=1S/C18H19ClN2O3/c1-11-8-9-12(10-14(11)19)21-16(18(23-2)24-3)20-15-7-5-4-6-13(15)17(21)22/h4-10,16,18,20H,1-3H3/t16-/m0/s1. The number of carbonyl (C=O) groups excluding carboxylic acids is 1. The minimum absolute atomic E-state index is 0.131. The Balaban J connectivity index is 2.11. The number of methoxy groups -OCH3 is 2. The molecule has 3 rings (SSSR count). The second kappa shape index (κ2) is 6.81. The molecular weight excluding hydrogens is 328 g/mol. The van der Waals surface area contributed by atoms with Crippen LogP contribution in [0.5, 0.6) is 0 Å². The van der Waals surface area contributed by atoms with Gasteiger partial charge in [-0.1, -0.05) is 29.8 Å². The van der Waals surface area contributed by atoms with E-state index in [0.29, 0.717) is 16.3 Å². The van der Waals surface area contributed by atoms with E-state index < -0.39 is 12.5 Å². The maximum Gasteiger partial charge on any atom is 0.262 e. The van der Waals surface area contributed by atoms with Crippen LogP contribution in [0, 0.1) is 6.92 Å². The molecule has 1 heterocycles. The molecule has 0 saturated carbocycles. The second-order valence-electron chi connectivity index (χ2n) is 5.58. The van der Waals surface area contributed by atoms with Crippen LogP contribution < -0.4 is 10.2 Å². The van der Waals surface area contributed by atoms with Gasteiger partial charge >= 0.3 is 0 Å². The number of halogens is 1. The van der Waals surface area contributed by atoms with Crippen LogP contribution in [0.4, 0.5) is 11.4 Å². The third-order valence-electron chi connectivity index (χ3n) is 4.11. The summed E-state index contributed by atoms with van der Waals surface area (Å²) < 4.78 is 10.8. The molecule has 24 heavy (non-hydrogen) atoms. The molecule has 1 aliphatic heterocycles. The molecule has 0 radical (unpaired) electrons. The topological polar surface area (TPSA) is 50.8 Å². The van der Waals surface area contributed by atoms with Crippen molar-refractivity contribution in [2.45, 2.75) is 19.4 Å². The Bertz CT molecular complexity index is 762. The number of hydrogen-bond donors (Lipinski definition) is 1. The Morgan fingerprint density at radius 3 is 2.54 bits per heavy atom. The number of rotatable bonds is 4. The van der Waals surface area contributed by atoms with Crippen LogP contribution in [0.2, 0.25) is 5.02 Å². The number of benzene rings is 2. The zero-order valence-electron chi connectivity index (χ0n) is 13.7. The lowest BCUT2D eigenvalue weighted by atomic mass is 10.1. The molecule has 126 valence electrons. The van der Waals surface area contributed by atoms with Gasteiger partial charge < -0.3 is 14.8 Å². The fraction of sp³-hybridized carbons (Fsp3) is 0.278. The fourth-order valence-corrected chi connectivity index (χ4v) is 3.00. The SMILES string of the molecule is COC(OC)[C@H]1Nc2ccccc2C(=O)N1c1ccc(C)c(Cl)c1. The lowest BCUT2D eigenvalue weighted by molar-refractivity contribution is -0.111. The summed E-state index contributed by atoms with van der Waals surface area (Å²) in [6, 6.07) is 12.9. The van der Waals surface area contributed by atoms with Crippen molar-refractivity contribution in [3.05, 3.63) is 58.6 Å². The number of aryl methyl sites for hydroxylation is 1. The van der Waals surface area contributed by atoms with E-state index in [1.54, 1.807) is 31.3 Å². The normalized spacial score (nSPS) is 17.0. The van der Waals surface area contributed by atoms with Gasteiger partial charge in [0.25, 0.3) is 5.91 Å². The first kappa shape index (κ1) is 16.8. The van der Waals surface area contributed by atoms with Crippen LogP contribution in [-0.4, -0.2) is 32.6 Å². The van der Waals surface area contributed by atoms with Gasteiger partial charge in [-0.15, -0.1) is 0 Å². The molecule has 2 aromatic carbocycles. The van der Waals surface area contributed by atoms with Crippen molar-refractivity contribution < 1.29 is 14.3 Å². The lowest BCUT2D eigenvalue weighted by Crippen LogP contribution is -2.56. The molecule has 6 heteroatoms. The molecule has 0 bridgehead atoms. The highest BCUT2D eigenvalue weighted by atomic mass is 35.5. The molecule has 0 aliphatic carbocycles. The van der Waals surface area contributed by atoms with Crippen LogP contribution in [0.1, 0.15) is 15.9 Å². The number of para-hydroxylation sites is 1. The van der Waals surface area contributed by atoms with Crippen molar-refractivity contribution >= 4 is 28.9 Å². The second-order valence-corrected chi connectivity index (χ2v) is 5.99. The Hall–Kier alpha value is -2.08. The summed E-state index contributed by atoms with van der Waals surface area (Å²) in [5.74, 6) is -0.131. The summed E-state index contributed by atoms with van der Waals surface area (Å²) >= 11 is 6.26. The molecule has 0 spiro atoms. The van der Waals surface area contributed by atoms with Gasteiger partial charge in [-0.25, -0.2) is 0 Å². The zero-order chi connectivity index (χ0) is 17.3. The van der Waals surface area contributed by atoms with Crippen molar-refractivity contribution in [3.63, 3.8) is 0 Å². The molecule has 5 nitrogen and oxygen atoms in total. The summed E-state index contributed by atoms with van der Waals surface area (Å²) in [4.78, 5) is 14.7. The molecular formula is C18H19ClN2O3. The van der Waals surface area contributed by atoms with E-state index in [0.717, 1.165) is 11.3 Å². The summed E-state index contributed by atoms with van der Waals surface area (Å²) in [6.45, 7) is 1.92. The Labute approximate surface area is 146 Å². The molecule has 2 aromatic rings. The van der Waals surface area contributed by atoms with E-state index in [9.17, 15) is 4.79 Å². The van der Waals surface area contributed by atoms with E-state index >= 15 is 0 Å². The van der Waals surface area contributed by atoms with Gasteiger partial charge in [0.05, 0.1) is 5.56 Å². The molecule has 1 aliphatic rings. The average Bonchev–Trinajstić information content (AvgIpc) is 2.59. The molecule has 0 saturated heterocycles. The van der Waals surface area contributed by atoms with Gasteiger partial charge in [0.2, 0.25) is 0 Å². The highest BCUT2D eigenvalue weighted by Crippen LogP contribution is 2.33. The molecule has 0 unspecified atom stereocenters. The molecule has 1 atom stereocenters. The van der Waals surface area contributed by atoms with E-state index in [2.05, 4.69) is 5.32 Å². The van der Waals surface area contributed by atoms with Gasteiger partial charge in [-0.3, -0.25) is 9.69 Å². The fourth-order valence-electron chi connectivity index (χ4n) is 2.83. The van der Waals surface area contributed by atoms with Crippen molar-refractivity contribution in [2.75, 3.05) is 24.4 Å². The van der Waals surface area contributed by atoms with Gasteiger partial charge in [-0.2, -0.15) is 0 Å². The number of ether oxygens (including phenoxy) is 2. The maximum atomic E-state index is 13.1. The van der Waals surface area contributed by atoms with E-state index in [1.807, 2.05) is 37.3 Å². The highest BCUT2D eigenvalue weighted by Gasteiger charge is 2.38. The van der Waals surface area contributed by atoms with Gasteiger partial charge in [-0.05, 0) is 36.8 Å². The summed E-state index contributed by atoms with van der Waals surface area (Å²) in [5.41, 5.74) is 2.98. The van der Waals surface area contributed by atoms with Crippen LogP contribution in [0.3, 0.4) is 0 Å². The first-order chi connectivity index (χ1) is 11.6. The van der Waals surface area contributed by atoms with E-state index in [4.69, 9.17) is 21.1 Å². The maximum absolute atomic E-state index is 13.1. The van der Waals surface area contributed by atoms with Crippen molar-refractivity contribution in [1.29, 1.82) is 0 Å². The van der Waals surface area contributed by atoms with Crippen LogP contribution in [0.25, 0.3) is 0 Å². The quantitative estimate of drug-likeness (QED) is 0.858. The average molecular weight is 347 g/mol. The predicted molar refractivity (Wildman–Crippen MR) is 94.7 cm³/mol. The molecule has 1 amide bonds. The highest BCUT2D eigenvalue weighted by molar-refractivity contribution is 6.31. The largest absolute Gasteiger partial charge is 0.360 e. The third-order valence-corrected chi connectivity index (χ3v) is 4.52. The van der Waals surface area contributed by atoms with Gasteiger partial charge in [0.15, 0.2) is 12.5 Å². The number of anilines is 2. The third kappa shape index (κ3) is 2.86. The lowest BCUT2D eigenvalue weighted by Gasteiger charge is -2.40. The van der Waals surface area contributed by atoms with Crippen molar-refractivity contribution in [3.8, 4) is 0 Å². The number of nitrogens with one attached hydrogen (secondary N) is 1. The number of amides is 1. The number of fused-ring (bicyclic) bond motifs is 1. The van der Waals surface area contributed by atoms with Crippen molar-refractivity contribution in [1.82, 2.24) is 0 Å². The number of hydrogen-bond acceptors (Lipinski definition) is 4. The van der Waals surface area contributed by atoms with E-state index in [1.165, 1.54) is 0 Å². The Morgan fingerprint density at radius 2 is 1.88 bits per heavy atom. The van der Waals surface area contributed by atoms with E-state index in [-0.39, 0.29) is 5.91 Å². The molecule has 0 aromatic heterocycles. The molecule has 0 fully saturated rings. The van der Waals surface area contributed by atoms with Crippen molar-refractivity contribution in [2.24, 2.45) is 0 Å². The first-order valence-corrected chi connectivity index (χ1v) is 7.95. The minimum Gasteiger partial charge on any atom is -0.360 e. The first-order valence-electron chi connectivity index (χ1n) is 7.57. The van der Waals surface area contributed by atoms with Crippen LogP contribution >= 0.6 is 11.6 Å². The summed E-state index contributed by atoms with van der Waals surface area (Å²) in [7, 11) is 3.09. The van der Waals surface area contributed by atoms with Crippen LogP contribution in [-0.2, 0) is 9.47 Å². The number of carbonyl (C=O) groups is 1. The number of nitrogens with zero attached hydrogens (tertiary/aromatic N) is 1. The van der Waals surface area contributed by atoms with Crippen LogP contribution in [0.15, 0.2) is 42.5 Å². The molecule has 1 N–H and O–H groups in total. The Morgan fingerprint density at radius 1 is 1.17 bits per heavy atom. The van der Waals surface area contributed by atoms with Gasteiger partial charge in [0, 0.05) is 30.6 Å². The predicted octanol–water partition coefficient (Wildman–Crippen LogP) is 3.67. The monoisotopic (exact) mass is 346 g/mol. The Kier molecular flexibility index (Phi) is 4.76. The zero-order valence-corrected chi connectivity index (χ0v) is 14.5. The summed E-state index contributed by atoms with van der Waals surface area (Å²) in [6.07, 6.45) is -1.15. The minimum atomic E-state index is -0.637. The van der Waals surface area contributed by atoms with Gasteiger partial charge in [0.1, 0.15) is 0 Å².